The molecule has 192 valence electrons. The number of ether oxygens (including phenoxy) is 1. The van der Waals surface area contributed by atoms with Crippen LogP contribution in [0.2, 0.25) is 0 Å². The van der Waals surface area contributed by atoms with Crippen molar-refractivity contribution in [1.29, 1.82) is 0 Å². The molecule has 0 aliphatic rings. The largest absolute Gasteiger partial charge is 0.480 e. The molecule has 0 fully saturated rings. The summed E-state index contributed by atoms with van der Waals surface area (Å²) in [6, 6.07) is 20.3. The second-order valence-corrected chi connectivity index (χ2v) is 11.8. The second kappa shape index (κ2) is 12.0. The molecule has 7 nitrogen and oxygen atoms in total. The number of thioether (sulfide) groups is 1. The number of carboxylic acids is 1. The Labute approximate surface area is 224 Å². The zero-order valence-corrected chi connectivity index (χ0v) is 22.6. The van der Waals surface area contributed by atoms with Crippen molar-refractivity contribution in [3.8, 4) is 11.1 Å². The molecule has 3 aromatic carbocycles. The van der Waals surface area contributed by atoms with E-state index in [1.165, 1.54) is 29.7 Å². The van der Waals surface area contributed by atoms with Gasteiger partial charge < -0.3 is 9.84 Å². The number of rotatable bonds is 11. The van der Waals surface area contributed by atoms with Crippen LogP contribution in [-0.4, -0.2) is 36.8 Å². The molecule has 0 aliphatic heterocycles. The van der Waals surface area contributed by atoms with Crippen molar-refractivity contribution in [1.82, 2.24) is 9.71 Å². The summed E-state index contributed by atoms with van der Waals surface area (Å²) < 4.78 is 34.7. The highest BCUT2D eigenvalue weighted by atomic mass is 32.2. The van der Waals surface area contributed by atoms with Crippen LogP contribution in [0.25, 0.3) is 11.1 Å². The number of thiazole rings is 1. The van der Waals surface area contributed by atoms with E-state index < -0.39 is 28.1 Å². The summed E-state index contributed by atoms with van der Waals surface area (Å²) in [5.41, 5.74) is 3.72. The van der Waals surface area contributed by atoms with Crippen LogP contribution in [-0.2, 0) is 26.2 Å². The minimum absolute atomic E-state index is 0.0420. The molecule has 0 aliphatic carbocycles. The molecule has 0 bridgehead atoms. The number of hydrogen-bond acceptors (Lipinski definition) is 7. The minimum Gasteiger partial charge on any atom is -0.480 e. The summed E-state index contributed by atoms with van der Waals surface area (Å²) in [7, 11) is -4.18. The van der Waals surface area contributed by atoms with Crippen molar-refractivity contribution in [2.75, 3.05) is 6.26 Å². The fraction of sp³-hybridized carbons (Fsp3) is 0.185. The number of aryl methyl sites for hydroxylation is 1. The second-order valence-electron chi connectivity index (χ2n) is 8.28. The van der Waals surface area contributed by atoms with Crippen molar-refractivity contribution in [3.63, 3.8) is 0 Å². The zero-order valence-electron chi connectivity index (χ0n) is 20.2. The lowest BCUT2D eigenvalue weighted by Gasteiger charge is -2.24. The molecule has 0 saturated heterocycles. The lowest BCUT2D eigenvalue weighted by Crippen LogP contribution is -2.45. The van der Waals surface area contributed by atoms with E-state index in [0.29, 0.717) is 5.01 Å². The fourth-order valence-electron chi connectivity index (χ4n) is 3.64. The number of hydrogen-bond donors (Lipinski definition) is 2. The molecule has 2 N–H and O–H groups in total. The van der Waals surface area contributed by atoms with Gasteiger partial charge in [0.15, 0.2) is 6.04 Å². The molecule has 2 atom stereocenters. The third kappa shape index (κ3) is 6.85. The lowest BCUT2D eigenvalue weighted by atomic mass is 10.1. The van der Waals surface area contributed by atoms with Crippen LogP contribution in [0.1, 0.15) is 22.2 Å². The van der Waals surface area contributed by atoms with Gasteiger partial charge in [0.1, 0.15) is 11.1 Å². The predicted octanol–water partition coefficient (Wildman–Crippen LogP) is 5.53. The van der Waals surface area contributed by atoms with Crippen LogP contribution < -0.4 is 4.72 Å². The Bertz CT molecular complexity index is 1420. The molecule has 0 saturated carbocycles. The Kier molecular flexibility index (Phi) is 8.78. The number of aromatic nitrogens is 1. The highest BCUT2D eigenvalue weighted by Gasteiger charge is 2.36. The van der Waals surface area contributed by atoms with Crippen LogP contribution in [0.3, 0.4) is 0 Å². The van der Waals surface area contributed by atoms with Crippen LogP contribution in [0.4, 0.5) is 0 Å². The summed E-state index contributed by atoms with van der Waals surface area (Å²) in [4.78, 5) is 17.5. The average molecular weight is 555 g/mol. The zero-order chi connectivity index (χ0) is 26.4. The SMILES string of the molecule is CSc1ccc(-c2ccc(S(=O)(=O)N[C@@H](C(=O)O)[C@H](OCc3ccc(C)cc3)c3nccs3)cc2)cc1. The summed E-state index contributed by atoms with van der Waals surface area (Å²) >= 11 is 2.84. The Morgan fingerprint density at radius 1 is 1.03 bits per heavy atom. The number of aliphatic carboxylic acids is 1. The summed E-state index contributed by atoms with van der Waals surface area (Å²) in [6.07, 6.45) is 2.40. The summed E-state index contributed by atoms with van der Waals surface area (Å²) in [6.45, 7) is 2.06. The number of sulfonamides is 1. The molecule has 1 aromatic heterocycles. The van der Waals surface area contributed by atoms with Crippen molar-refractivity contribution < 1.29 is 23.1 Å². The molecule has 4 aromatic rings. The number of carbonyl (C=O) groups is 1. The van der Waals surface area contributed by atoms with E-state index in [-0.39, 0.29) is 11.5 Å². The molecular weight excluding hydrogens is 529 g/mol. The summed E-state index contributed by atoms with van der Waals surface area (Å²) in [5.74, 6) is -1.36. The van der Waals surface area contributed by atoms with E-state index in [0.717, 1.165) is 27.1 Å². The maximum atomic E-state index is 13.2. The molecule has 4 rings (SSSR count). The van der Waals surface area contributed by atoms with Crippen molar-refractivity contribution in [2.45, 2.75) is 35.5 Å². The first-order valence-electron chi connectivity index (χ1n) is 11.3. The van der Waals surface area contributed by atoms with Gasteiger partial charge in [-0.05, 0) is 54.1 Å². The van der Waals surface area contributed by atoms with Gasteiger partial charge in [0, 0.05) is 16.5 Å². The van der Waals surface area contributed by atoms with E-state index >= 15 is 0 Å². The van der Waals surface area contributed by atoms with Crippen molar-refractivity contribution in [3.05, 3.63) is 101 Å². The Hall–Kier alpha value is -3.02. The standard InChI is InChI=1S/C27H26N2O5S3/c1-18-3-5-19(6-4-18)17-34-25(26-28-15-16-36-26)24(27(30)31)29-37(32,33)23-13-9-21(10-14-23)20-7-11-22(35-2)12-8-20/h3-16,24-25,29H,17H2,1-2H3,(H,30,31)/t24-,25+/m1/s1. The third-order valence-electron chi connectivity index (χ3n) is 5.68. The normalized spacial score (nSPS) is 13.2. The average Bonchev–Trinajstić information content (AvgIpc) is 3.44. The van der Waals surface area contributed by atoms with Crippen LogP contribution >= 0.6 is 23.1 Å². The van der Waals surface area contributed by atoms with E-state index in [2.05, 4.69) is 9.71 Å². The van der Waals surface area contributed by atoms with E-state index in [9.17, 15) is 18.3 Å². The predicted molar refractivity (Wildman–Crippen MR) is 146 cm³/mol. The van der Waals surface area contributed by atoms with Crippen LogP contribution in [0.15, 0.2) is 94.2 Å². The van der Waals surface area contributed by atoms with Gasteiger partial charge in [-0.15, -0.1) is 23.1 Å². The first kappa shape index (κ1) is 27.0. The number of nitrogens with one attached hydrogen (secondary N) is 1. The maximum absolute atomic E-state index is 13.2. The third-order valence-corrected chi connectivity index (χ3v) is 8.72. The molecular formula is C27H26N2O5S3. The molecule has 0 spiro atoms. The van der Waals surface area contributed by atoms with Crippen LogP contribution in [0, 0.1) is 6.92 Å². The monoisotopic (exact) mass is 554 g/mol. The minimum atomic E-state index is -4.18. The molecule has 0 radical (unpaired) electrons. The Morgan fingerprint density at radius 2 is 1.65 bits per heavy atom. The number of carboxylic acid groups (broad SMARTS) is 1. The number of benzene rings is 3. The van der Waals surface area contributed by atoms with Gasteiger partial charge in [-0.25, -0.2) is 13.4 Å². The van der Waals surface area contributed by atoms with Gasteiger partial charge in [0.05, 0.1) is 11.5 Å². The molecule has 37 heavy (non-hydrogen) atoms. The smallest absolute Gasteiger partial charge is 0.324 e. The molecule has 0 amide bonds. The highest BCUT2D eigenvalue weighted by Crippen LogP contribution is 2.28. The van der Waals surface area contributed by atoms with E-state index in [1.54, 1.807) is 29.3 Å². The topological polar surface area (TPSA) is 106 Å². The Balaban J connectivity index is 1.55. The first-order chi connectivity index (χ1) is 17.8. The van der Waals surface area contributed by atoms with Gasteiger partial charge in [-0.1, -0.05) is 54.1 Å². The Morgan fingerprint density at radius 3 is 2.19 bits per heavy atom. The first-order valence-corrected chi connectivity index (χ1v) is 14.9. The van der Waals surface area contributed by atoms with Gasteiger partial charge >= 0.3 is 5.97 Å². The van der Waals surface area contributed by atoms with Gasteiger partial charge in [-0.2, -0.15) is 4.72 Å². The molecule has 10 heteroatoms. The van der Waals surface area contributed by atoms with Crippen LogP contribution in [0.5, 0.6) is 0 Å². The van der Waals surface area contributed by atoms with Crippen molar-refractivity contribution in [2.24, 2.45) is 0 Å². The maximum Gasteiger partial charge on any atom is 0.324 e. The fourth-order valence-corrected chi connectivity index (χ4v) is 5.96. The lowest BCUT2D eigenvalue weighted by molar-refractivity contribution is -0.143. The highest BCUT2D eigenvalue weighted by molar-refractivity contribution is 7.98. The van der Waals surface area contributed by atoms with E-state index in [1.807, 2.05) is 61.7 Å². The number of nitrogens with zero attached hydrogens (tertiary/aromatic N) is 1. The van der Waals surface area contributed by atoms with Gasteiger partial charge in [0.25, 0.3) is 0 Å². The van der Waals surface area contributed by atoms with E-state index in [4.69, 9.17) is 4.74 Å². The van der Waals surface area contributed by atoms with Gasteiger partial charge in [-0.3, -0.25) is 4.79 Å². The summed E-state index contributed by atoms with van der Waals surface area (Å²) in [5, 5.41) is 12.0. The molecule has 1 heterocycles. The van der Waals surface area contributed by atoms with Crippen molar-refractivity contribution >= 4 is 39.1 Å². The quantitative estimate of drug-likeness (QED) is 0.235. The van der Waals surface area contributed by atoms with Gasteiger partial charge in [0.2, 0.25) is 10.0 Å². The molecule has 0 unspecified atom stereocenters.